The summed E-state index contributed by atoms with van der Waals surface area (Å²) in [4.78, 5) is 43.8. The van der Waals surface area contributed by atoms with Gasteiger partial charge in [0.25, 0.3) is 11.8 Å². The molecule has 2 aromatic carbocycles. The molecule has 4 aromatic rings. The number of ether oxygens (including phenoxy) is 1. The maximum absolute atomic E-state index is 13.7. The van der Waals surface area contributed by atoms with Gasteiger partial charge in [-0.2, -0.15) is 5.10 Å². The first-order valence-electron chi connectivity index (χ1n) is 11.7. The van der Waals surface area contributed by atoms with Crippen molar-refractivity contribution >= 4 is 23.6 Å². The van der Waals surface area contributed by atoms with E-state index in [1.807, 2.05) is 12.1 Å². The second-order valence-corrected chi connectivity index (χ2v) is 8.71. The molecule has 38 heavy (non-hydrogen) atoms. The maximum Gasteiger partial charge on any atom is 0.277 e. The van der Waals surface area contributed by atoms with E-state index in [2.05, 4.69) is 10.1 Å². The van der Waals surface area contributed by atoms with Crippen LogP contribution in [0.1, 0.15) is 32.4 Å². The minimum absolute atomic E-state index is 0.0576. The number of carbonyl (C=O) groups excluding carboxylic acids is 3. The normalized spacial score (nSPS) is 12.8. The number of nitrogens with two attached hydrogens (primary N) is 1. The summed E-state index contributed by atoms with van der Waals surface area (Å²) in [5.41, 5.74) is 8.45. The Labute approximate surface area is 217 Å². The zero-order chi connectivity index (χ0) is 27.0. The van der Waals surface area contributed by atoms with Crippen molar-refractivity contribution < 1.29 is 24.2 Å². The predicted molar refractivity (Wildman–Crippen MR) is 134 cm³/mol. The smallest absolute Gasteiger partial charge is 0.277 e. The molecule has 0 fully saturated rings. The fraction of sp³-hybridized carbons (Fsp3) is 0.192. The Morgan fingerprint density at radius 3 is 2.37 bits per heavy atom. The second kappa shape index (κ2) is 9.73. The highest BCUT2D eigenvalue weighted by atomic mass is 16.5. The van der Waals surface area contributed by atoms with E-state index in [1.165, 1.54) is 11.7 Å². The highest BCUT2D eigenvalue weighted by Gasteiger charge is 2.34. The average molecular weight is 515 g/mol. The van der Waals surface area contributed by atoms with Crippen LogP contribution in [0.4, 0.5) is 10.5 Å². The van der Waals surface area contributed by atoms with Crippen LogP contribution >= 0.6 is 0 Å². The van der Waals surface area contributed by atoms with Crippen molar-refractivity contribution in [1.82, 2.24) is 24.2 Å². The molecule has 194 valence electrons. The Morgan fingerprint density at radius 2 is 1.74 bits per heavy atom. The number of carbonyl (C=O) groups is 3. The fourth-order valence-corrected chi connectivity index (χ4v) is 4.47. The van der Waals surface area contributed by atoms with Gasteiger partial charge >= 0.3 is 0 Å². The highest BCUT2D eigenvalue weighted by molar-refractivity contribution is 6.09. The number of primary amides is 1. The Morgan fingerprint density at radius 1 is 1.08 bits per heavy atom. The Balaban J connectivity index is 1.46. The largest absolute Gasteiger partial charge is 0.530 e. The molecule has 0 aliphatic carbocycles. The molecule has 0 unspecified atom stereocenters. The lowest BCUT2D eigenvalue weighted by molar-refractivity contribution is -0.264. The molecule has 0 atom stereocenters. The number of hydrogen-bond donors (Lipinski definition) is 1. The molecular formula is C26H24N7O5-. The molecule has 0 bridgehead atoms. The van der Waals surface area contributed by atoms with E-state index in [9.17, 15) is 19.5 Å². The third kappa shape index (κ3) is 4.32. The third-order valence-electron chi connectivity index (χ3n) is 6.41. The number of fused-ring (bicyclic) bond motifs is 1. The van der Waals surface area contributed by atoms with Gasteiger partial charge in [-0.15, -0.1) is 0 Å². The SMILES string of the molecule is COc1ccc(-n2nc(C(N)=O)c3c2C(=O)N(c2ccc(-n4ccnc4CN(C)C(=O)[O-])cc2)CC3)cc1. The minimum atomic E-state index is -1.30. The summed E-state index contributed by atoms with van der Waals surface area (Å²) in [5.74, 6) is 0.157. The number of anilines is 1. The van der Waals surface area contributed by atoms with E-state index in [0.29, 0.717) is 41.5 Å². The number of hydrogen-bond acceptors (Lipinski definition) is 7. The van der Waals surface area contributed by atoms with Gasteiger partial charge in [0, 0.05) is 42.9 Å². The molecule has 3 heterocycles. The first-order valence-corrected chi connectivity index (χ1v) is 11.7. The van der Waals surface area contributed by atoms with Crippen molar-refractivity contribution in [2.45, 2.75) is 13.0 Å². The van der Waals surface area contributed by atoms with E-state index in [-0.39, 0.29) is 23.8 Å². The second-order valence-electron chi connectivity index (χ2n) is 8.71. The molecule has 1 aliphatic heterocycles. The lowest BCUT2D eigenvalue weighted by Gasteiger charge is -2.28. The number of aromatic nitrogens is 4. The number of rotatable bonds is 7. The highest BCUT2D eigenvalue weighted by Crippen LogP contribution is 2.30. The monoisotopic (exact) mass is 514 g/mol. The quantitative estimate of drug-likeness (QED) is 0.388. The lowest BCUT2D eigenvalue weighted by Crippen LogP contribution is -2.39. The fourth-order valence-electron chi connectivity index (χ4n) is 4.47. The summed E-state index contributed by atoms with van der Waals surface area (Å²) in [7, 11) is 2.97. The summed E-state index contributed by atoms with van der Waals surface area (Å²) < 4.78 is 8.42. The molecule has 0 radical (unpaired) electrons. The Bertz CT molecular complexity index is 1520. The van der Waals surface area contributed by atoms with Gasteiger partial charge in [0.05, 0.1) is 19.3 Å². The van der Waals surface area contributed by atoms with Gasteiger partial charge in [0.2, 0.25) is 0 Å². The van der Waals surface area contributed by atoms with Crippen LogP contribution in [-0.2, 0) is 13.0 Å². The van der Waals surface area contributed by atoms with Crippen LogP contribution < -0.4 is 20.5 Å². The van der Waals surface area contributed by atoms with Crippen LogP contribution in [0.2, 0.25) is 0 Å². The Kier molecular flexibility index (Phi) is 6.29. The molecule has 0 saturated carbocycles. The van der Waals surface area contributed by atoms with Crippen LogP contribution in [0, 0.1) is 0 Å². The van der Waals surface area contributed by atoms with Gasteiger partial charge < -0.3 is 34.7 Å². The molecule has 0 spiro atoms. The molecule has 2 N–H and O–H groups in total. The van der Waals surface area contributed by atoms with Crippen molar-refractivity contribution in [2.75, 3.05) is 25.6 Å². The van der Waals surface area contributed by atoms with Gasteiger partial charge in [-0.25, -0.2) is 9.67 Å². The standard InChI is InChI=1S/C26H25N7O5/c1-30(26(36)37)15-21-28-12-14-31(21)16-3-5-17(6-4-16)32-13-11-20-22(24(27)34)29-33(23(20)25(32)35)18-7-9-19(38-2)10-8-18/h3-10,12,14H,11,13,15H2,1-2H3,(H2,27,34)(H,36,37)/p-1. The summed E-state index contributed by atoms with van der Waals surface area (Å²) in [6, 6.07) is 14.2. The average Bonchev–Trinajstić information content (AvgIpc) is 3.54. The van der Waals surface area contributed by atoms with Gasteiger partial charge in [-0.05, 0) is 55.0 Å². The van der Waals surface area contributed by atoms with E-state index >= 15 is 0 Å². The van der Waals surface area contributed by atoms with Gasteiger partial charge in [-0.1, -0.05) is 0 Å². The predicted octanol–water partition coefficient (Wildman–Crippen LogP) is 1.14. The first kappa shape index (κ1) is 24.6. The molecule has 1 aliphatic rings. The van der Waals surface area contributed by atoms with Crippen LogP contribution in [0.5, 0.6) is 5.75 Å². The number of carboxylic acid groups (broad SMARTS) is 1. The van der Waals surface area contributed by atoms with E-state index in [1.54, 1.807) is 65.4 Å². The number of methoxy groups -OCH3 is 1. The van der Waals surface area contributed by atoms with Gasteiger partial charge in [0.1, 0.15) is 23.4 Å². The molecular weight excluding hydrogens is 490 g/mol. The minimum Gasteiger partial charge on any atom is -0.530 e. The van der Waals surface area contributed by atoms with Crippen molar-refractivity contribution in [3.8, 4) is 17.1 Å². The van der Waals surface area contributed by atoms with Crippen molar-refractivity contribution in [3.63, 3.8) is 0 Å². The van der Waals surface area contributed by atoms with Gasteiger partial charge in [-0.3, -0.25) is 9.59 Å². The number of amides is 3. The van der Waals surface area contributed by atoms with E-state index in [4.69, 9.17) is 10.5 Å². The maximum atomic E-state index is 13.7. The molecule has 5 rings (SSSR count). The summed E-state index contributed by atoms with van der Waals surface area (Å²) in [5, 5.41) is 15.5. The van der Waals surface area contributed by atoms with Crippen molar-refractivity contribution in [1.29, 1.82) is 0 Å². The molecule has 12 heteroatoms. The van der Waals surface area contributed by atoms with Crippen molar-refractivity contribution in [3.05, 3.63) is 83.7 Å². The zero-order valence-corrected chi connectivity index (χ0v) is 20.7. The van der Waals surface area contributed by atoms with Crippen LogP contribution in [0.15, 0.2) is 60.9 Å². The topological polar surface area (TPSA) is 152 Å². The third-order valence-corrected chi connectivity index (χ3v) is 6.41. The molecule has 0 saturated heterocycles. The summed E-state index contributed by atoms with van der Waals surface area (Å²) in [6.45, 7) is 0.397. The van der Waals surface area contributed by atoms with Crippen LogP contribution in [0.25, 0.3) is 11.4 Å². The summed E-state index contributed by atoms with van der Waals surface area (Å²) >= 11 is 0. The van der Waals surface area contributed by atoms with E-state index < -0.39 is 12.0 Å². The molecule has 2 aromatic heterocycles. The van der Waals surface area contributed by atoms with Crippen LogP contribution in [0.3, 0.4) is 0 Å². The number of imidazole rings is 1. The number of nitrogens with zero attached hydrogens (tertiary/aromatic N) is 6. The number of benzene rings is 2. The van der Waals surface area contributed by atoms with Crippen molar-refractivity contribution in [2.24, 2.45) is 5.73 Å². The van der Waals surface area contributed by atoms with E-state index in [0.717, 1.165) is 10.6 Å². The van der Waals surface area contributed by atoms with Crippen LogP contribution in [-0.4, -0.2) is 62.8 Å². The Hall–Kier alpha value is -5.13. The molecule has 3 amide bonds. The van der Waals surface area contributed by atoms with Gasteiger partial charge in [0.15, 0.2) is 5.69 Å². The lowest BCUT2D eigenvalue weighted by atomic mass is 10.0. The summed E-state index contributed by atoms with van der Waals surface area (Å²) in [6.07, 6.45) is 2.41. The zero-order valence-electron chi connectivity index (χ0n) is 20.7. The molecule has 12 nitrogen and oxygen atoms in total. The first-order chi connectivity index (χ1) is 18.3.